The van der Waals surface area contributed by atoms with E-state index in [-0.39, 0.29) is 123 Å². The largest absolute Gasteiger partial charge is 0.456 e. The number of benzene rings is 3. The summed E-state index contributed by atoms with van der Waals surface area (Å²) in [5, 5.41) is 64.0. The average Bonchev–Trinajstić information content (AvgIpc) is 3.19. The van der Waals surface area contributed by atoms with Crippen molar-refractivity contribution >= 4 is 35.2 Å². The molecular formula is C43H46Ac2ClNO12. The number of nitrogens with one attached hydrogen (secondary N) is 1. The van der Waals surface area contributed by atoms with Gasteiger partial charge in [0.05, 0.1) is 35.8 Å². The molecule has 2 bridgehead atoms. The summed E-state index contributed by atoms with van der Waals surface area (Å²) in [5.74, 6) is -5.17. The Morgan fingerprint density at radius 2 is 1.47 bits per heavy atom. The predicted molar refractivity (Wildman–Crippen MR) is 204 cm³/mol. The molecule has 0 aromatic heterocycles. The Morgan fingerprint density at radius 3 is 2.05 bits per heavy atom. The number of ketones is 1. The van der Waals surface area contributed by atoms with Gasteiger partial charge in [0.15, 0.2) is 11.9 Å². The molecule has 13 nitrogen and oxygen atoms in total. The minimum absolute atomic E-state index is 0. The number of aliphatic hydroxyl groups excluding tert-OH is 3. The number of aliphatic hydroxyl groups is 5. The van der Waals surface area contributed by atoms with Gasteiger partial charge in [-0.05, 0) is 67.0 Å². The Kier molecular flexibility index (Phi) is 15.0. The number of Topliss-reactive ketones (excluding diaryl/α,β-unsaturated/α-hetero) is 1. The number of halogens is 1. The van der Waals surface area contributed by atoms with Crippen LogP contribution in [0.1, 0.15) is 72.9 Å². The maximum Gasteiger partial charge on any atom is 0.338 e. The molecule has 9 unspecified atom stereocenters. The Morgan fingerprint density at radius 1 is 0.881 bits per heavy atom. The van der Waals surface area contributed by atoms with E-state index in [4.69, 9.17) is 25.8 Å². The molecular weight excluding hydrogens is 1210 g/mol. The van der Waals surface area contributed by atoms with Gasteiger partial charge in [-0.1, -0.05) is 74.0 Å². The molecule has 7 rings (SSSR count). The Labute approximate surface area is 418 Å². The van der Waals surface area contributed by atoms with Gasteiger partial charge in [0.2, 0.25) is 0 Å². The number of fused-ring (bicyclic) bond motifs is 5. The van der Waals surface area contributed by atoms with Gasteiger partial charge in [0.25, 0.3) is 5.91 Å². The number of hydrogen-bond donors (Lipinski definition) is 6. The minimum Gasteiger partial charge on any atom is -0.456 e. The van der Waals surface area contributed by atoms with E-state index in [1.54, 1.807) is 62.4 Å². The van der Waals surface area contributed by atoms with E-state index in [9.17, 15) is 44.7 Å². The predicted octanol–water partition coefficient (Wildman–Crippen LogP) is 3.25. The van der Waals surface area contributed by atoms with Crippen LogP contribution in [-0.4, -0.2) is 104 Å². The van der Waals surface area contributed by atoms with Gasteiger partial charge in [0.1, 0.15) is 29.5 Å². The fraction of sp³-hybridized carbons (Fsp3) is 0.442. The normalized spacial score (nSPS) is 32.7. The van der Waals surface area contributed by atoms with Crippen molar-refractivity contribution in [2.45, 2.75) is 94.4 Å². The molecule has 2 saturated carbocycles. The summed E-state index contributed by atoms with van der Waals surface area (Å²) in [6, 6.07) is 20.8. The van der Waals surface area contributed by atoms with Crippen LogP contribution >= 0.6 is 11.6 Å². The third-order valence-corrected chi connectivity index (χ3v) is 13.2. The maximum absolute atomic E-state index is 14.7. The molecule has 1 aliphatic heterocycles. The first-order chi connectivity index (χ1) is 26.9. The molecule has 11 atom stereocenters. The van der Waals surface area contributed by atoms with Crippen molar-refractivity contribution in [3.05, 3.63) is 118 Å². The van der Waals surface area contributed by atoms with Crippen LogP contribution in [0.2, 0.25) is 5.02 Å². The fourth-order valence-electron chi connectivity index (χ4n) is 9.55. The summed E-state index contributed by atoms with van der Waals surface area (Å²) in [6.07, 6.45) is -10.4. The van der Waals surface area contributed by atoms with Crippen molar-refractivity contribution in [2.24, 2.45) is 16.7 Å². The Bertz CT molecular complexity index is 2110. The second-order valence-corrected chi connectivity index (χ2v) is 16.8. The molecule has 16 heteroatoms. The summed E-state index contributed by atoms with van der Waals surface area (Å²) in [6.45, 7) is 5.68. The van der Waals surface area contributed by atoms with Crippen molar-refractivity contribution < 1.29 is 147 Å². The van der Waals surface area contributed by atoms with Crippen LogP contribution in [0.5, 0.6) is 0 Å². The van der Waals surface area contributed by atoms with Crippen molar-refractivity contribution in [2.75, 3.05) is 6.61 Å². The van der Waals surface area contributed by atoms with Crippen LogP contribution in [-0.2, 0) is 23.8 Å². The molecule has 6 N–H and O–H groups in total. The van der Waals surface area contributed by atoms with Gasteiger partial charge in [-0.15, -0.1) is 0 Å². The summed E-state index contributed by atoms with van der Waals surface area (Å²) in [4.78, 5) is 56.1. The third-order valence-electron chi connectivity index (χ3n) is 13.0. The van der Waals surface area contributed by atoms with Crippen LogP contribution < -0.4 is 5.32 Å². The zero-order valence-corrected chi connectivity index (χ0v) is 43.2. The van der Waals surface area contributed by atoms with E-state index in [2.05, 4.69) is 5.32 Å². The standard InChI is InChI=1S/C43H46ClNO12.2Ac/c1-22-27(56-39(52)33(48)31(23-11-7-5-8-12-23)45-37(50)24-15-17-26(44)18-16-24)20-43(54)36(57-38(51)25-13-9-6-10-14-25)34-41(4,28(46)19-29-42(34,53)21-55-29)35(49)32(47)30(22)40(43,2)3;;/h5-18,27-29,31-34,36,46-48,53-54H,19-21H2,1-4H3,(H,45,50);;/t27?,28?,29?,31?,32?,33?,34?,36?,41-,42+,43?;;/m1../s1. The first kappa shape index (κ1) is 48.4. The number of esters is 2. The summed E-state index contributed by atoms with van der Waals surface area (Å²) in [7, 11) is 0. The number of carbonyl (C=O) groups excluding carboxylic acids is 4. The van der Waals surface area contributed by atoms with Gasteiger partial charge in [0, 0.05) is 123 Å². The van der Waals surface area contributed by atoms with Crippen LogP contribution in [0.25, 0.3) is 0 Å². The molecule has 59 heavy (non-hydrogen) atoms. The quantitative estimate of drug-likeness (QED) is 0.142. The van der Waals surface area contributed by atoms with Crippen LogP contribution in [0.3, 0.4) is 0 Å². The second-order valence-electron chi connectivity index (χ2n) is 16.4. The van der Waals surface area contributed by atoms with E-state index in [0.717, 1.165) is 0 Å². The molecule has 2 radical (unpaired) electrons. The summed E-state index contributed by atoms with van der Waals surface area (Å²) in [5.41, 5.74) is -7.00. The molecule has 0 spiro atoms. The van der Waals surface area contributed by atoms with Crippen LogP contribution in [0, 0.1) is 105 Å². The number of carbonyl (C=O) groups is 4. The average molecular weight is 1260 g/mol. The molecule has 3 aliphatic carbocycles. The first-order valence-electron chi connectivity index (χ1n) is 18.8. The van der Waals surface area contributed by atoms with Gasteiger partial charge in [-0.25, -0.2) is 9.59 Å². The monoisotopic (exact) mass is 1260 g/mol. The second kappa shape index (κ2) is 18.3. The van der Waals surface area contributed by atoms with Gasteiger partial charge < -0.3 is 45.1 Å². The van der Waals surface area contributed by atoms with Crippen LogP contribution in [0.4, 0.5) is 0 Å². The fourth-order valence-corrected chi connectivity index (χ4v) is 9.68. The molecule has 1 amide bonds. The van der Waals surface area contributed by atoms with Crippen LogP contribution in [0.15, 0.2) is 96.1 Å². The van der Waals surface area contributed by atoms with Gasteiger partial charge >= 0.3 is 11.9 Å². The van der Waals surface area contributed by atoms with E-state index < -0.39 is 101 Å². The minimum atomic E-state index is -2.32. The number of ether oxygens (including phenoxy) is 3. The summed E-state index contributed by atoms with van der Waals surface area (Å²) < 4.78 is 17.9. The molecule has 1 saturated heterocycles. The van der Waals surface area contributed by atoms with Crippen molar-refractivity contribution in [1.29, 1.82) is 0 Å². The topological polar surface area (TPSA) is 209 Å². The molecule has 3 aromatic rings. The van der Waals surface area contributed by atoms with E-state index in [1.807, 2.05) is 0 Å². The Balaban J connectivity index is 0.00000331. The number of rotatable bonds is 8. The molecule has 1 heterocycles. The molecule has 3 aromatic carbocycles. The number of hydrogen-bond acceptors (Lipinski definition) is 12. The smallest absolute Gasteiger partial charge is 0.338 e. The molecule has 308 valence electrons. The SMILES string of the molecule is CC1=C2C(O)C(=O)[C@]3(C)C(O)CC4OC[C@@]4(O)C3C(OC(=O)c3ccccc3)C(O)(CC1OC(=O)C(O)C(NC(=O)c1ccc(Cl)cc1)c1ccccc1)C2(C)C.[Ac].[Ac]. The zero-order valence-electron chi connectivity index (χ0n) is 32.9. The van der Waals surface area contributed by atoms with Gasteiger partial charge in [-0.3, -0.25) is 9.59 Å². The Hall–Kier alpha value is -1.59. The summed E-state index contributed by atoms with van der Waals surface area (Å²) >= 11 is 6.00. The van der Waals surface area contributed by atoms with Crippen molar-refractivity contribution in [3.8, 4) is 0 Å². The van der Waals surface area contributed by atoms with Crippen molar-refractivity contribution in [1.82, 2.24) is 5.32 Å². The third kappa shape index (κ3) is 8.24. The van der Waals surface area contributed by atoms with E-state index in [1.165, 1.54) is 50.2 Å². The first-order valence-corrected chi connectivity index (χ1v) is 19.2. The van der Waals surface area contributed by atoms with E-state index >= 15 is 0 Å². The van der Waals surface area contributed by atoms with Crippen molar-refractivity contribution in [3.63, 3.8) is 0 Å². The molecule has 4 aliphatic rings. The van der Waals surface area contributed by atoms with E-state index in [0.29, 0.717) is 10.6 Å². The number of amides is 1. The maximum atomic E-state index is 14.7. The zero-order chi connectivity index (χ0) is 41.2. The van der Waals surface area contributed by atoms with Gasteiger partial charge in [-0.2, -0.15) is 0 Å². The molecule has 3 fully saturated rings.